The first kappa shape index (κ1) is 22.5. The van der Waals surface area contributed by atoms with Crippen molar-refractivity contribution in [2.45, 2.75) is 23.4 Å². The summed E-state index contributed by atoms with van der Waals surface area (Å²) in [6.45, 7) is 1.13. The van der Waals surface area contributed by atoms with E-state index in [4.69, 9.17) is 27.9 Å². The number of ether oxygens (including phenoxy) is 1. The van der Waals surface area contributed by atoms with Crippen molar-refractivity contribution in [2.75, 3.05) is 33.4 Å². The minimum absolute atomic E-state index is 0.0537. The topological polar surface area (TPSA) is 124 Å². The Kier molecular flexibility index (Phi) is 8.15. The monoisotopic (exact) mass is 449 g/mol. The third kappa shape index (κ3) is 6.12. The number of carbonyl (C=O) groups is 1. The Morgan fingerprint density at radius 1 is 1.39 bits per heavy atom. The fourth-order valence-electron chi connectivity index (χ4n) is 2.82. The SMILES string of the molecule is COCCNC(=O)NCC1CC(NS(=O)(=O)c2cc(Cl)ccc2Cl)CN1C#N. The van der Waals surface area contributed by atoms with Crippen LogP contribution < -0.4 is 15.4 Å². The molecule has 1 heterocycles. The highest BCUT2D eigenvalue weighted by Crippen LogP contribution is 2.26. The molecule has 2 rings (SSSR count). The summed E-state index contributed by atoms with van der Waals surface area (Å²) in [5.74, 6) is 0. The van der Waals surface area contributed by atoms with Gasteiger partial charge in [-0.3, -0.25) is 0 Å². The van der Waals surface area contributed by atoms with E-state index in [-0.39, 0.29) is 40.1 Å². The molecule has 28 heavy (non-hydrogen) atoms. The number of methoxy groups -OCH3 is 1. The molecule has 12 heteroatoms. The number of nitrogens with one attached hydrogen (secondary N) is 3. The number of halogens is 2. The molecule has 1 aromatic rings. The van der Waals surface area contributed by atoms with Gasteiger partial charge in [-0.25, -0.2) is 17.9 Å². The van der Waals surface area contributed by atoms with Crippen LogP contribution in [0.2, 0.25) is 10.0 Å². The predicted molar refractivity (Wildman–Crippen MR) is 105 cm³/mol. The number of amides is 2. The van der Waals surface area contributed by atoms with Crippen LogP contribution in [0.4, 0.5) is 4.79 Å². The molecule has 1 fully saturated rings. The van der Waals surface area contributed by atoms with Crippen molar-refractivity contribution in [3.8, 4) is 6.19 Å². The standard InChI is InChI=1S/C16H21Cl2N5O4S/c1-27-5-4-20-16(24)21-8-13-7-12(9-23(13)10-19)22-28(25,26)15-6-11(17)2-3-14(15)18/h2-3,6,12-13,22H,4-5,7-9H2,1H3,(H2,20,21,24). The Bertz CT molecular complexity index is 846. The summed E-state index contributed by atoms with van der Waals surface area (Å²) in [7, 11) is -2.39. The van der Waals surface area contributed by atoms with E-state index in [1.165, 1.54) is 30.2 Å². The van der Waals surface area contributed by atoms with Gasteiger partial charge in [0.15, 0.2) is 6.19 Å². The van der Waals surface area contributed by atoms with E-state index in [1.54, 1.807) is 0 Å². The van der Waals surface area contributed by atoms with Crippen LogP contribution in [0.15, 0.2) is 23.1 Å². The van der Waals surface area contributed by atoms with E-state index in [2.05, 4.69) is 15.4 Å². The van der Waals surface area contributed by atoms with Gasteiger partial charge in [0, 0.05) is 37.8 Å². The Morgan fingerprint density at radius 2 is 2.14 bits per heavy atom. The highest BCUT2D eigenvalue weighted by atomic mass is 35.5. The van der Waals surface area contributed by atoms with Crippen molar-refractivity contribution in [3.05, 3.63) is 28.2 Å². The molecule has 2 atom stereocenters. The number of nitriles is 1. The Hall–Kier alpha value is -1.77. The van der Waals surface area contributed by atoms with Crippen LogP contribution >= 0.6 is 23.2 Å². The van der Waals surface area contributed by atoms with Gasteiger partial charge in [-0.15, -0.1) is 0 Å². The number of urea groups is 1. The summed E-state index contributed by atoms with van der Waals surface area (Å²) in [5, 5.41) is 14.9. The van der Waals surface area contributed by atoms with E-state index in [1.807, 2.05) is 6.19 Å². The van der Waals surface area contributed by atoms with E-state index < -0.39 is 16.1 Å². The van der Waals surface area contributed by atoms with Gasteiger partial charge in [-0.1, -0.05) is 23.2 Å². The van der Waals surface area contributed by atoms with Crippen LogP contribution in [0.25, 0.3) is 0 Å². The fraction of sp³-hybridized carbons (Fsp3) is 0.500. The molecule has 2 unspecified atom stereocenters. The van der Waals surface area contributed by atoms with Crippen molar-refractivity contribution in [1.82, 2.24) is 20.3 Å². The molecule has 1 aliphatic rings. The Morgan fingerprint density at radius 3 is 2.82 bits per heavy atom. The number of sulfonamides is 1. The summed E-state index contributed by atoms with van der Waals surface area (Å²) < 4.78 is 32.7. The maximum absolute atomic E-state index is 12.6. The second-order valence-electron chi connectivity index (χ2n) is 6.16. The first-order valence-electron chi connectivity index (χ1n) is 8.41. The summed E-state index contributed by atoms with van der Waals surface area (Å²) in [4.78, 5) is 13.0. The zero-order valence-corrected chi connectivity index (χ0v) is 17.4. The fourth-order valence-corrected chi connectivity index (χ4v) is 4.83. The Labute approximate surface area is 174 Å². The molecular formula is C16H21Cl2N5O4S. The highest BCUT2D eigenvalue weighted by molar-refractivity contribution is 7.89. The maximum Gasteiger partial charge on any atom is 0.314 e. The lowest BCUT2D eigenvalue weighted by Gasteiger charge is -2.18. The van der Waals surface area contributed by atoms with Gasteiger partial charge < -0.3 is 20.3 Å². The van der Waals surface area contributed by atoms with Crippen molar-refractivity contribution in [2.24, 2.45) is 0 Å². The lowest BCUT2D eigenvalue weighted by molar-refractivity contribution is 0.195. The zero-order valence-electron chi connectivity index (χ0n) is 15.1. The Balaban J connectivity index is 1.96. The molecule has 0 radical (unpaired) electrons. The third-order valence-corrected chi connectivity index (χ3v) is 6.37. The van der Waals surface area contributed by atoms with Crippen molar-refractivity contribution in [1.29, 1.82) is 5.26 Å². The first-order valence-corrected chi connectivity index (χ1v) is 10.6. The molecule has 0 aromatic heterocycles. The first-order chi connectivity index (χ1) is 13.3. The number of benzene rings is 1. The average molecular weight is 450 g/mol. The van der Waals surface area contributed by atoms with Crippen molar-refractivity contribution in [3.63, 3.8) is 0 Å². The summed E-state index contributed by atoms with van der Waals surface area (Å²) in [6.07, 6.45) is 2.38. The van der Waals surface area contributed by atoms with Gasteiger partial charge in [-0.2, -0.15) is 5.26 Å². The number of rotatable bonds is 8. The quantitative estimate of drug-likeness (QED) is 0.403. The van der Waals surface area contributed by atoms with Crippen LogP contribution in [-0.2, 0) is 14.8 Å². The molecule has 0 saturated carbocycles. The summed E-state index contributed by atoms with van der Waals surface area (Å²) in [5.41, 5.74) is 0. The zero-order chi connectivity index (χ0) is 20.7. The van der Waals surface area contributed by atoms with Crippen LogP contribution in [0.3, 0.4) is 0 Å². The average Bonchev–Trinajstić information content (AvgIpc) is 3.03. The smallest absolute Gasteiger partial charge is 0.314 e. The lowest BCUT2D eigenvalue weighted by Crippen LogP contribution is -2.43. The van der Waals surface area contributed by atoms with Gasteiger partial charge in [0.05, 0.1) is 17.7 Å². The predicted octanol–water partition coefficient (Wildman–Crippen LogP) is 1.14. The normalized spacial score (nSPS) is 19.3. The highest BCUT2D eigenvalue weighted by Gasteiger charge is 2.35. The third-order valence-electron chi connectivity index (χ3n) is 4.14. The molecule has 2 amide bonds. The molecule has 0 aliphatic carbocycles. The van der Waals surface area contributed by atoms with E-state index >= 15 is 0 Å². The largest absolute Gasteiger partial charge is 0.383 e. The molecule has 1 saturated heterocycles. The molecule has 1 aliphatic heterocycles. The molecule has 9 nitrogen and oxygen atoms in total. The summed E-state index contributed by atoms with van der Waals surface area (Å²) >= 11 is 11.9. The van der Waals surface area contributed by atoms with Gasteiger partial charge in [0.25, 0.3) is 0 Å². The molecule has 0 spiro atoms. The number of hydrogen-bond donors (Lipinski definition) is 3. The van der Waals surface area contributed by atoms with Gasteiger partial charge in [-0.05, 0) is 24.6 Å². The van der Waals surface area contributed by atoms with E-state index in [0.717, 1.165) is 0 Å². The van der Waals surface area contributed by atoms with Crippen LogP contribution in [0.5, 0.6) is 0 Å². The lowest BCUT2D eigenvalue weighted by atomic mass is 10.2. The molecular weight excluding hydrogens is 429 g/mol. The molecule has 1 aromatic carbocycles. The minimum Gasteiger partial charge on any atom is -0.383 e. The van der Waals surface area contributed by atoms with Crippen molar-refractivity contribution < 1.29 is 17.9 Å². The van der Waals surface area contributed by atoms with Gasteiger partial charge in [0.1, 0.15) is 4.90 Å². The number of carbonyl (C=O) groups excluding carboxylic acids is 1. The van der Waals surface area contributed by atoms with Gasteiger partial charge in [0.2, 0.25) is 10.0 Å². The minimum atomic E-state index is -3.91. The molecule has 3 N–H and O–H groups in total. The van der Waals surface area contributed by atoms with E-state index in [0.29, 0.717) is 19.6 Å². The second kappa shape index (κ2) is 10.1. The molecule has 154 valence electrons. The molecule has 0 bridgehead atoms. The number of likely N-dealkylation sites (tertiary alicyclic amines) is 1. The summed E-state index contributed by atoms with van der Waals surface area (Å²) in [6, 6.07) is 2.94. The van der Waals surface area contributed by atoms with Crippen LogP contribution in [0.1, 0.15) is 6.42 Å². The van der Waals surface area contributed by atoms with Crippen LogP contribution in [-0.4, -0.2) is 64.8 Å². The van der Waals surface area contributed by atoms with Crippen molar-refractivity contribution >= 4 is 39.3 Å². The number of nitrogens with zero attached hydrogens (tertiary/aromatic N) is 2. The van der Waals surface area contributed by atoms with Crippen LogP contribution in [0, 0.1) is 11.5 Å². The van der Waals surface area contributed by atoms with E-state index in [9.17, 15) is 18.5 Å². The number of hydrogen-bond acceptors (Lipinski definition) is 6. The maximum atomic E-state index is 12.6. The second-order valence-corrected chi connectivity index (χ2v) is 8.69. The van der Waals surface area contributed by atoms with Gasteiger partial charge >= 0.3 is 6.03 Å².